The lowest BCUT2D eigenvalue weighted by Gasteiger charge is -2.35. The highest BCUT2D eigenvalue weighted by molar-refractivity contribution is 5.73. The Morgan fingerprint density at radius 1 is 1.03 bits per heavy atom. The van der Waals surface area contributed by atoms with Crippen molar-refractivity contribution in [2.24, 2.45) is 11.8 Å². The molecule has 2 unspecified atom stereocenters. The third-order valence-corrected chi connectivity index (χ3v) is 8.36. The first-order chi connectivity index (χ1) is 17.1. The van der Waals surface area contributed by atoms with Crippen molar-refractivity contribution in [2.75, 3.05) is 19.6 Å². The molecule has 1 heterocycles. The van der Waals surface area contributed by atoms with E-state index in [1.54, 1.807) is 0 Å². The summed E-state index contributed by atoms with van der Waals surface area (Å²) in [5.41, 5.74) is 2.88. The van der Waals surface area contributed by atoms with Crippen molar-refractivity contribution >= 4 is 5.97 Å². The molecule has 0 amide bonds. The highest BCUT2D eigenvalue weighted by Gasteiger charge is 2.38. The average molecular weight is 477 g/mol. The van der Waals surface area contributed by atoms with Gasteiger partial charge in [0.05, 0.1) is 0 Å². The van der Waals surface area contributed by atoms with Gasteiger partial charge in [0.15, 0.2) is 0 Å². The van der Waals surface area contributed by atoms with E-state index in [0.29, 0.717) is 18.3 Å². The number of rotatable bonds is 12. The molecule has 35 heavy (non-hydrogen) atoms. The Hall–Kier alpha value is -2.17. The number of piperidine rings is 1. The number of hydrogen-bond donors (Lipinski definition) is 2. The van der Waals surface area contributed by atoms with Crippen LogP contribution in [-0.2, 0) is 11.2 Å². The summed E-state index contributed by atoms with van der Waals surface area (Å²) in [6, 6.07) is 21.6. The second-order valence-corrected chi connectivity index (χ2v) is 10.9. The molecule has 190 valence electrons. The maximum absolute atomic E-state index is 11.7. The zero-order valence-corrected chi connectivity index (χ0v) is 21.4. The van der Waals surface area contributed by atoms with Crippen LogP contribution >= 0.6 is 0 Å². The van der Waals surface area contributed by atoms with Crippen LogP contribution in [-0.4, -0.2) is 47.7 Å². The lowest BCUT2D eigenvalue weighted by Crippen LogP contribution is -2.42. The molecule has 0 aromatic heterocycles. The zero-order valence-electron chi connectivity index (χ0n) is 21.4. The second-order valence-electron chi connectivity index (χ2n) is 10.9. The van der Waals surface area contributed by atoms with Crippen LogP contribution in [0.2, 0.25) is 0 Å². The Labute approximate surface area is 212 Å². The third-order valence-electron chi connectivity index (χ3n) is 8.36. The number of likely N-dealkylation sites (tertiary alicyclic amines) is 1. The fraction of sp³-hybridized carbons (Fsp3) is 0.581. The summed E-state index contributed by atoms with van der Waals surface area (Å²) in [7, 11) is 0. The van der Waals surface area contributed by atoms with Crippen molar-refractivity contribution in [1.82, 2.24) is 10.2 Å². The Morgan fingerprint density at radius 3 is 2.37 bits per heavy atom. The van der Waals surface area contributed by atoms with Crippen LogP contribution < -0.4 is 5.32 Å². The third kappa shape index (κ3) is 7.65. The first-order valence-corrected chi connectivity index (χ1v) is 13.9. The zero-order chi connectivity index (χ0) is 24.5. The lowest BCUT2D eigenvalue weighted by atomic mass is 9.87. The number of aliphatic carboxylic acids is 1. The Kier molecular flexibility index (Phi) is 9.79. The van der Waals surface area contributed by atoms with E-state index in [2.05, 4.69) is 77.8 Å². The van der Waals surface area contributed by atoms with E-state index in [4.69, 9.17) is 0 Å². The average Bonchev–Trinajstić information content (AvgIpc) is 3.28. The highest BCUT2D eigenvalue weighted by Crippen LogP contribution is 2.41. The predicted octanol–water partition coefficient (Wildman–Crippen LogP) is 6.13. The Morgan fingerprint density at radius 2 is 1.71 bits per heavy atom. The summed E-state index contributed by atoms with van der Waals surface area (Å²) < 4.78 is 0. The van der Waals surface area contributed by atoms with Crippen molar-refractivity contribution in [1.29, 1.82) is 0 Å². The van der Waals surface area contributed by atoms with Crippen LogP contribution in [0.1, 0.15) is 75.3 Å². The molecule has 4 nitrogen and oxygen atoms in total. The molecule has 4 rings (SSSR count). The summed E-state index contributed by atoms with van der Waals surface area (Å²) in [4.78, 5) is 14.4. The molecule has 1 saturated carbocycles. The molecular formula is C31H44N2O2. The molecule has 1 aliphatic heterocycles. The highest BCUT2D eigenvalue weighted by atomic mass is 16.4. The van der Waals surface area contributed by atoms with Gasteiger partial charge in [0, 0.05) is 12.6 Å². The SMILES string of the molecule is CCCC(NC1C[C@H](CN2CCC(CCCc3ccccc3)CC2)[C@@H](c2ccccc2)C1)C(=O)O. The van der Waals surface area contributed by atoms with Gasteiger partial charge in [0.2, 0.25) is 0 Å². The van der Waals surface area contributed by atoms with Crippen LogP contribution in [0.5, 0.6) is 0 Å². The van der Waals surface area contributed by atoms with E-state index in [9.17, 15) is 9.90 Å². The molecule has 0 spiro atoms. The van der Waals surface area contributed by atoms with Gasteiger partial charge in [-0.2, -0.15) is 0 Å². The van der Waals surface area contributed by atoms with Gasteiger partial charge in [-0.15, -0.1) is 0 Å². The van der Waals surface area contributed by atoms with E-state index in [1.165, 1.54) is 56.3 Å². The molecule has 4 heteroatoms. The molecule has 1 saturated heterocycles. The number of carboxylic acid groups (broad SMARTS) is 1. The monoisotopic (exact) mass is 476 g/mol. The van der Waals surface area contributed by atoms with Gasteiger partial charge in [-0.1, -0.05) is 80.4 Å². The number of nitrogens with zero attached hydrogens (tertiary/aromatic N) is 1. The number of aryl methyl sites for hydroxylation is 1. The molecule has 0 bridgehead atoms. The second kappa shape index (κ2) is 13.2. The van der Waals surface area contributed by atoms with E-state index < -0.39 is 12.0 Å². The molecule has 1 aliphatic carbocycles. The summed E-state index contributed by atoms with van der Waals surface area (Å²) in [5.74, 6) is 1.25. The molecule has 2 aromatic carbocycles. The molecule has 2 fully saturated rings. The standard InChI is InChI=1S/C31H44N2O2/c1-2-10-30(31(34)35)32-28-21-27(29(22-28)26-15-7-4-8-16-26)23-33-19-17-25(18-20-33)14-9-13-24-11-5-3-6-12-24/h3-8,11-12,15-16,25,27-30,32H,2,9-10,13-14,17-23H2,1H3,(H,34,35)/t27-,28?,29-,30?/m1/s1. The smallest absolute Gasteiger partial charge is 0.320 e. The minimum absolute atomic E-state index is 0.286. The summed E-state index contributed by atoms with van der Waals surface area (Å²) in [5, 5.41) is 13.2. The first-order valence-electron chi connectivity index (χ1n) is 13.9. The van der Waals surface area contributed by atoms with Crippen molar-refractivity contribution < 1.29 is 9.90 Å². The van der Waals surface area contributed by atoms with E-state index >= 15 is 0 Å². The van der Waals surface area contributed by atoms with Crippen LogP contribution in [0.25, 0.3) is 0 Å². The number of benzene rings is 2. The topological polar surface area (TPSA) is 52.6 Å². The Bertz CT molecular complexity index is 879. The van der Waals surface area contributed by atoms with Crippen LogP contribution in [0, 0.1) is 11.8 Å². The number of carbonyl (C=O) groups is 1. The summed E-state index contributed by atoms with van der Waals surface area (Å²) in [6.45, 7) is 5.62. The van der Waals surface area contributed by atoms with E-state index in [0.717, 1.165) is 31.7 Å². The van der Waals surface area contributed by atoms with Gasteiger partial charge >= 0.3 is 5.97 Å². The summed E-state index contributed by atoms with van der Waals surface area (Å²) in [6.07, 6.45) is 10.2. The molecule has 4 atom stereocenters. The van der Waals surface area contributed by atoms with Gasteiger partial charge in [-0.25, -0.2) is 0 Å². The minimum atomic E-state index is -0.708. The quantitative estimate of drug-likeness (QED) is 0.387. The lowest BCUT2D eigenvalue weighted by molar-refractivity contribution is -0.139. The van der Waals surface area contributed by atoms with Crippen molar-refractivity contribution in [3.63, 3.8) is 0 Å². The van der Waals surface area contributed by atoms with Crippen molar-refractivity contribution in [3.05, 3.63) is 71.8 Å². The molecule has 2 aromatic rings. The largest absolute Gasteiger partial charge is 0.480 e. The molecule has 2 aliphatic rings. The van der Waals surface area contributed by atoms with Crippen molar-refractivity contribution in [3.8, 4) is 0 Å². The number of hydrogen-bond acceptors (Lipinski definition) is 3. The van der Waals surface area contributed by atoms with E-state index in [1.807, 2.05) is 0 Å². The molecule has 2 N–H and O–H groups in total. The van der Waals surface area contributed by atoms with Gasteiger partial charge < -0.3 is 15.3 Å². The fourth-order valence-electron chi connectivity index (χ4n) is 6.45. The minimum Gasteiger partial charge on any atom is -0.480 e. The number of nitrogens with one attached hydrogen (secondary N) is 1. The van der Waals surface area contributed by atoms with Gasteiger partial charge in [-0.3, -0.25) is 4.79 Å². The maximum Gasteiger partial charge on any atom is 0.320 e. The fourth-order valence-corrected chi connectivity index (χ4v) is 6.45. The molecular weight excluding hydrogens is 432 g/mol. The maximum atomic E-state index is 11.7. The Balaban J connectivity index is 1.28. The predicted molar refractivity (Wildman–Crippen MR) is 144 cm³/mol. The normalized spacial score (nSPS) is 24.4. The first kappa shape index (κ1) is 25.9. The van der Waals surface area contributed by atoms with Gasteiger partial charge in [0.25, 0.3) is 0 Å². The molecule has 0 radical (unpaired) electrons. The van der Waals surface area contributed by atoms with E-state index in [-0.39, 0.29) is 6.04 Å². The number of carboxylic acids is 1. The van der Waals surface area contributed by atoms with Crippen LogP contribution in [0.4, 0.5) is 0 Å². The van der Waals surface area contributed by atoms with Gasteiger partial charge in [0.1, 0.15) is 6.04 Å². The summed E-state index contributed by atoms with van der Waals surface area (Å²) >= 11 is 0. The van der Waals surface area contributed by atoms with Crippen LogP contribution in [0.15, 0.2) is 60.7 Å². The van der Waals surface area contributed by atoms with Gasteiger partial charge in [-0.05, 0) is 86.9 Å². The van der Waals surface area contributed by atoms with Crippen molar-refractivity contribution in [2.45, 2.75) is 82.7 Å². The van der Waals surface area contributed by atoms with Crippen LogP contribution in [0.3, 0.4) is 0 Å².